The Labute approximate surface area is 132 Å². The largest absolute Gasteiger partial charge is 0.319 e. The van der Waals surface area contributed by atoms with E-state index in [4.69, 9.17) is 0 Å². The molecule has 1 heterocycles. The number of thiazole rings is 1. The fraction of sp³-hybridized carbons (Fsp3) is 0.438. The van der Waals surface area contributed by atoms with E-state index < -0.39 is 0 Å². The second kappa shape index (κ2) is 8.40. The number of rotatable bonds is 6. The molecule has 0 aliphatic rings. The zero-order chi connectivity index (χ0) is 13.7. The molecule has 1 aromatic carbocycles. The van der Waals surface area contributed by atoms with Crippen molar-refractivity contribution in [2.75, 3.05) is 13.6 Å². The average Bonchev–Trinajstić information content (AvgIpc) is 2.85. The first kappa shape index (κ1) is 17.2. The summed E-state index contributed by atoms with van der Waals surface area (Å²) in [5.74, 6) is 0.707. The predicted molar refractivity (Wildman–Crippen MR) is 91.0 cm³/mol. The summed E-state index contributed by atoms with van der Waals surface area (Å²) in [6.07, 6.45) is 2.15. The molecular formula is C16H23ClN2S. The number of nitrogens with zero attached hydrogens (tertiary/aromatic N) is 1. The van der Waals surface area contributed by atoms with Crippen molar-refractivity contribution in [3.63, 3.8) is 0 Å². The summed E-state index contributed by atoms with van der Waals surface area (Å²) in [5.41, 5.74) is 3.73. The second-order valence-electron chi connectivity index (χ2n) is 5.27. The minimum Gasteiger partial charge on any atom is -0.319 e. The molecule has 1 aromatic heterocycles. The first-order chi connectivity index (χ1) is 9.19. The number of hydrogen-bond donors (Lipinski definition) is 1. The van der Waals surface area contributed by atoms with Gasteiger partial charge in [-0.2, -0.15) is 0 Å². The molecule has 0 saturated carbocycles. The topological polar surface area (TPSA) is 24.9 Å². The van der Waals surface area contributed by atoms with Crippen LogP contribution in [0.1, 0.15) is 24.4 Å². The highest BCUT2D eigenvalue weighted by Crippen LogP contribution is 2.23. The van der Waals surface area contributed by atoms with Crippen molar-refractivity contribution in [1.29, 1.82) is 0 Å². The first-order valence-electron chi connectivity index (χ1n) is 6.87. The van der Waals surface area contributed by atoms with Crippen LogP contribution in [0.5, 0.6) is 0 Å². The third kappa shape index (κ3) is 4.89. The Morgan fingerprint density at radius 2 is 1.90 bits per heavy atom. The minimum absolute atomic E-state index is 0. The molecule has 2 nitrogen and oxygen atoms in total. The molecule has 0 atom stereocenters. The Hall–Kier alpha value is -0.900. The molecule has 110 valence electrons. The van der Waals surface area contributed by atoms with Gasteiger partial charge >= 0.3 is 0 Å². The van der Waals surface area contributed by atoms with Crippen LogP contribution in [-0.4, -0.2) is 18.6 Å². The molecule has 0 saturated heterocycles. The molecule has 20 heavy (non-hydrogen) atoms. The Morgan fingerprint density at radius 3 is 2.50 bits per heavy atom. The lowest BCUT2D eigenvalue weighted by molar-refractivity contribution is 0.647. The van der Waals surface area contributed by atoms with Gasteiger partial charge in [0.2, 0.25) is 0 Å². The molecule has 0 bridgehead atoms. The summed E-state index contributed by atoms with van der Waals surface area (Å²) in [5, 5.41) is 6.52. The maximum Gasteiger partial charge on any atom is 0.0945 e. The molecule has 0 fully saturated rings. The van der Waals surface area contributed by atoms with E-state index in [-0.39, 0.29) is 12.4 Å². The molecule has 4 heteroatoms. The van der Waals surface area contributed by atoms with E-state index in [1.807, 2.05) is 7.05 Å². The minimum atomic E-state index is 0. The van der Waals surface area contributed by atoms with Gasteiger partial charge in [0.1, 0.15) is 0 Å². The van der Waals surface area contributed by atoms with Crippen LogP contribution in [0.3, 0.4) is 0 Å². The van der Waals surface area contributed by atoms with Crippen LogP contribution in [-0.2, 0) is 12.8 Å². The third-order valence-electron chi connectivity index (χ3n) is 3.03. The fourth-order valence-electron chi connectivity index (χ4n) is 2.07. The van der Waals surface area contributed by atoms with Gasteiger partial charge in [-0.15, -0.1) is 23.7 Å². The number of hydrogen-bond acceptors (Lipinski definition) is 3. The summed E-state index contributed by atoms with van der Waals surface area (Å²) in [6.45, 7) is 5.49. The highest BCUT2D eigenvalue weighted by Gasteiger charge is 2.05. The van der Waals surface area contributed by atoms with Crippen LogP contribution in [0.25, 0.3) is 11.3 Å². The normalized spacial score (nSPS) is 10.6. The van der Waals surface area contributed by atoms with Crippen LogP contribution in [0.15, 0.2) is 29.6 Å². The Kier molecular flexibility index (Phi) is 7.20. The first-order valence-corrected chi connectivity index (χ1v) is 7.75. The highest BCUT2D eigenvalue weighted by molar-refractivity contribution is 7.09. The number of likely N-dealkylation sites (N-methyl/N-ethyl adjacent to an activating group) is 1. The van der Waals surface area contributed by atoms with Gasteiger partial charge in [-0.05, 0) is 24.9 Å². The number of benzene rings is 1. The molecule has 0 spiro atoms. The summed E-state index contributed by atoms with van der Waals surface area (Å²) in [4.78, 5) is 4.69. The van der Waals surface area contributed by atoms with Crippen molar-refractivity contribution in [2.45, 2.75) is 26.7 Å². The van der Waals surface area contributed by atoms with Gasteiger partial charge in [-0.1, -0.05) is 38.1 Å². The lowest BCUT2D eigenvalue weighted by Crippen LogP contribution is -2.09. The summed E-state index contributed by atoms with van der Waals surface area (Å²) in [6, 6.07) is 8.83. The van der Waals surface area contributed by atoms with Crippen molar-refractivity contribution in [2.24, 2.45) is 5.92 Å². The monoisotopic (exact) mass is 310 g/mol. The Morgan fingerprint density at radius 1 is 1.20 bits per heavy atom. The van der Waals surface area contributed by atoms with Crippen molar-refractivity contribution in [3.8, 4) is 11.3 Å². The van der Waals surface area contributed by atoms with E-state index in [1.54, 1.807) is 11.3 Å². The molecule has 1 N–H and O–H groups in total. The van der Waals surface area contributed by atoms with Crippen LogP contribution >= 0.6 is 23.7 Å². The molecule has 2 aromatic rings. The summed E-state index contributed by atoms with van der Waals surface area (Å²) >= 11 is 1.75. The number of aromatic nitrogens is 1. The van der Waals surface area contributed by atoms with Crippen LogP contribution < -0.4 is 5.32 Å². The lowest BCUT2D eigenvalue weighted by Gasteiger charge is -2.05. The van der Waals surface area contributed by atoms with Gasteiger partial charge in [-0.25, -0.2) is 4.98 Å². The quantitative estimate of drug-likeness (QED) is 0.865. The van der Waals surface area contributed by atoms with E-state index in [0.717, 1.165) is 25.1 Å². The predicted octanol–water partition coefficient (Wildman–Crippen LogP) is 4.19. The van der Waals surface area contributed by atoms with Crippen LogP contribution in [0.4, 0.5) is 0 Å². The van der Waals surface area contributed by atoms with Crippen molar-refractivity contribution in [3.05, 3.63) is 40.2 Å². The molecule has 2 rings (SSSR count). The smallest absolute Gasteiger partial charge is 0.0945 e. The third-order valence-corrected chi connectivity index (χ3v) is 3.94. The molecule has 0 unspecified atom stereocenters. The van der Waals surface area contributed by atoms with Gasteiger partial charge in [0, 0.05) is 23.9 Å². The zero-order valence-corrected chi connectivity index (χ0v) is 14.0. The molecule has 0 aliphatic heterocycles. The van der Waals surface area contributed by atoms with Crippen LogP contribution in [0.2, 0.25) is 0 Å². The van der Waals surface area contributed by atoms with E-state index in [1.165, 1.54) is 16.1 Å². The molecular weight excluding hydrogens is 288 g/mol. The van der Waals surface area contributed by atoms with E-state index in [0.29, 0.717) is 5.92 Å². The van der Waals surface area contributed by atoms with Gasteiger partial charge < -0.3 is 5.32 Å². The Balaban J connectivity index is 0.00000200. The maximum absolute atomic E-state index is 4.69. The van der Waals surface area contributed by atoms with E-state index in [9.17, 15) is 0 Å². The highest BCUT2D eigenvalue weighted by atomic mass is 35.5. The van der Waals surface area contributed by atoms with Crippen LogP contribution in [0, 0.1) is 5.92 Å². The van der Waals surface area contributed by atoms with E-state index in [2.05, 4.69) is 53.8 Å². The van der Waals surface area contributed by atoms with Crippen molar-refractivity contribution < 1.29 is 0 Å². The maximum atomic E-state index is 4.69. The Bertz CT molecular complexity index is 505. The fourth-order valence-corrected chi connectivity index (χ4v) is 2.88. The lowest BCUT2D eigenvalue weighted by atomic mass is 10.0. The standard InChI is InChI=1S/C16H22N2S.ClH/c1-12(2)10-13-4-6-14(7-5-13)15-11-19-16(18-15)8-9-17-3;/h4-7,11-12,17H,8-10H2,1-3H3;1H. The molecule has 0 amide bonds. The van der Waals surface area contributed by atoms with E-state index >= 15 is 0 Å². The molecule has 0 aliphatic carbocycles. The number of nitrogens with one attached hydrogen (secondary N) is 1. The SMILES string of the molecule is CNCCc1nc(-c2ccc(CC(C)C)cc2)cs1.Cl. The average molecular weight is 311 g/mol. The van der Waals surface area contributed by atoms with Gasteiger partial charge in [0.25, 0.3) is 0 Å². The second-order valence-corrected chi connectivity index (χ2v) is 6.22. The van der Waals surface area contributed by atoms with Crippen molar-refractivity contribution >= 4 is 23.7 Å². The number of halogens is 1. The molecule has 0 radical (unpaired) electrons. The van der Waals surface area contributed by atoms with Gasteiger partial charge in [0.05, 0.1) is 10.7 Å². The van der Waals surface area contributed by atoms with Gasteiger partial charge in [-0.3, -0.25) is 0 Å². The van der Waals surface area contributed by atoms with Crippen molar-refractivity contribution in [1.82, 2.24) is 10.3 Å². The zero-order valence-electron chi connectivity index (χ0n) is 12.3. The summed E-state index contributed by atoms with van der Waals surface area (Å²) < 4.78 is 0. The van der Waals surface area contributed by atoms with Gasteiger partial charge in [0.15, 0.2) is 0 Å². The summed E-state index contributed by atoms with van der Waals surface area (Å²) in [7, 11) is 1.97.